The molecule has 3 nitrogen and oxygen atoms in total. The van der Waals surface area contributed by atoms with Gasteiger partial charge in [0.15, 0.2) is 0 Å². The van der Waals surface area contributed by atoms with Crippen LogP contribution in [0.1, 0.15) is 11.3 Å². The van der Waals surface area contributed by atoms with Gasteiger partial charge in [0.05, 0.1) is 12.7 Å². The van der Waals surface area contributed by atoms with Gasteiger partial charge in [-0.25, -0.2) is 0 Å². The summed E-state index contributed by atoms with van der Waals surface area (Å²) >= 11 is 5.90. The van der Waals surface area contributed by atoms with Gasteiger partial charge in [-0.3, -0.25) is 4.79 Å². The van der Waals surface area contributed by atoms with Gasteiger partial charge in [-0.15, -0.1) is 0 Å². The van der Waals surface area contributed by atoms with E-state index in [1.54, 1.807) is 24.3 Å². The van der Waals surface area contributed by atoms with E-state index in [-0.39, 0.29) is 5.91 Å². The van der Waals surface area contributed by atoms with Gasteiger partial charge in [0.2, 0.25) is 5.91 Å². The highest BCUT2D eigenvalue weighted by Crippen LogP contribution is 2.12. The van der Waals surface area contributed by atoms with Crippen LogP contribution in [0.2, 0.25) is 5.02 Å². The highest BCUT2D eigenvalue weighted by Gasteiger charge is 2.10. The Morgan fingerprint density at radius 2 is 2.16 bits per heavy atom. The van der Waals surface area contributed by atoms with Crippen molar-refractivity contribution in [2.24, 2.45) is 0 Å². The standard InChI is InChI=1S/C15H16ClNO2/c1-17(8-7-14-6-3-9-19-14)15(18)11-12-4-2-5-13(16)10-12/h2-6,9-10H,7-8,11H2,1H3. The zero-order valence-electron chi connectivity index (χ0n) is 10.8. The Bertz CT molecular complexity index is 537. The molecule has 0 aliphatic carbocycles. The number of amides is 1. The average Bonchev–Trinajstić information content (AvgIpc) is 2.89. The van der Waals surface area contributed by atoms with Crippen molar-refractivity contribution < 1.29 is 9.21 Å². The van der Waals surface area contributed by atoms with E-state index >= 15 is 0 Å². The van der Waals surface area contributed by atoms with E-state index in [4.69, 9.17) is 16.0 Å². The molecular formula is C15H16ClNO2. The molecule has 0 aliphatic heterocycles. The van der Waals surface area contributed by atoms with Crippen molar-refractivity contribution in [1.82, 2.24) is 4.90 Å². The molecule has 2 rings (SSSR count). The molecule has 1 amide bonds. The van der Waals surface area contributed by atoms with Crippen LogP contribution >= 0.6 is 11.6 Å². The number of furan rings is 1. The van der Waals surface area contributed by atoms with E-state index in [9.17, 15) is 4.79 Å². The largest absolute Gasteiger partial charge is 0.469 e. The molecule has 0 unspecified atom stereocenters. The first-order chi connectivity index (χ1) is 9.15. The van der Waals surface area contributed by atoms with Crippen LogP contribution in [0.5, 0.6) is 0 Å². The fraction of sp³-hybridized carbons (Fsp3) is 0.267. The second-order valence-corrected chi connectivity index (χ2v) is 4.89. The van der Waals surface area contributed by atoms with Gasteiger partial charge < -0.3 is 9.32 Å². The molecule has 0 fully saturated rings. The first-order valence-electron chi connectivity index (χ1n) is 6.16. The molecule has 100 valence electrons. The van der Waals surface area contributed by atoms with Crippen molar-refractivity contribution in [1.29, 1.82) is 0 Å². The van der Waals surface area contributed by atoms with Gasteiger partial charge >= 0.3 is 0 Å². The summed E-state index contributed by atoms with van der Waals surface area (Å²) in [6.45, 7) is 0.646. The third-order valence-corrected chi connectivity index (χ3v) is 3.18. The fourth-order valence-corrected chi connectivity index (χ4v) is 2.03. The molecular weight excluding hydrogens is 262 g/mol. The van der Waals surface area contributed by atoms with E-state index in [2.05, 4.69) is 0 Å². The summed E-state index contributed by atoms with van der Waals surface area (Å²) in [5.74, 6) is 0.969. The van der Waals surface area contributed by atoms with Crippen LogP contribution in [0.25, 0.3) is 0 Å². The van der Waals surface area contributed by atoms with E-state index in [1.807, 2.05) is 30.3 Å². The molecule has 1 aromatic heterocycles. The Morgan fingerprint density at radius 1 is 1.32 bits per heavy atom. The Kier molecular flexibility index (Phi) is 4.63. The molecule has 0 radical (unpaired) electrons. The lowest BCUT2D eigenvalue weighted by molar-refractivity contribution is -0.129. The monoisotopic (exact) mass is 277 g/mol. The summed E-state index contributed by atoms with van der Waals surface area (Å²) in [5.41, 5.74) is 0.933. The first kappa shape index (κ1) is 13.7. The van der Waals surface area contributed by atoms with E-state index in [0.717, 1.165) is 17.7 Å². The van der Waals surface area contributed by atoms with Crippen LogP contribution in [-0.2, 0) is 17.6 Å². The number of likely N-dealkylation sites (N-methyl/N-ethyl adjacent to an activating group) is 1. The maximum absolute atomic E-state index is 12.0. The molecule has 1 aromatic carbocycles. The number of benzene rings is 1. The average molecular weight is 278 g/mol. The predicted octanol–water partition coefficient (Wildman–Crippen LogP) is 3.18. The molecule has 0 aliphatic rings. The predicted molar refractivity (Wildman–Crippen MR) is 75.2 cm³/mol. The second kappa shape index (κ2) is 6.43. The number of rotatable bonds is 5. The molecule has 19 heavy (non-hydrogen) atoms. The molecule has 0 atom stereocenters. The van der Waals surface area contributed by atoms with Crippen LogP contribution in [0.15, 0.2) is 47.1 Å². The van der Waals surface area contributed by atoms with Crippen molar-refractivity contribution in [2.75, 3.05) is 13.6 Å². The first-order valence-corrected chi connectivity index (χ1v) is 6.54. The normalized spacial score (nSPS) is 10.4. The summed E-state index contributed by atoms with van der Waals surface area (Å²) in [4.78, 5) is 13.7. The van der Waals surface area contributed by atoms with Crippen molar-refractivity contribution in [3.05, 3.63) is 59.0 Å². The lowest BCUT2D eigenvalue weighted by Gasteiger charge is -2.16. The summed E-state index contributed by atoms with van der Waals surface area (Å²) < 4.78 is 5.24. The number of hydrogen-bond donors (Lipinski definition) is 0. The van der Waals surface area contributed by atoms with Gasteiger partial charge in [-0.05, 0) is 29.8 Å². The maximum atomic E-state index is 12.0. The summed E-state index contributed by atoms with van der Waals surface area (Å²) in [6.07, 6.45) is 2.74. The molecule has 0 bridgehead atoms. The summed E-state index contributed by atoms with van der Waals surface area (Å²) in [5, 5.41) is 0.656. The Morgan fingerprint density at radius 3 is 2.84 bits per heavy atom. The maximum Gasteiger partial charge on any atom is 0.226 e. The van der Waals surface area contributed by atoms with Gasteiger partial charge in [0.25, 0.3) is 0 Å². The summed E-state index contributed by atoms with van der Waals surface area (Å²) in [7, 11) is 1.80. The van der Waals surface area contributed by atoms with Crippen molar-refractivity contribution in [3.63, 3.8) is 0 Å². The minimum Gasteiger partial charge on any atom is -0.469 e. The number of hydrogen-bond acceptors (Lipinski definition) is 2. The molecule has 0 N–H and O–H groups in total. The zero-order valence-corrected chi connectivity index (χ0v) is 11.6. The summed E-state index contributed by atoms with van der Waals surface area (Å²) in [6, 6.07) is 11.1. The van der Waals surface area contributed by atoms with Crippen LogP contribution in [0.4, 0.5) is 0 Å². The van der Waals surface area contributed by atoms with E-state index in [0.29, 0.717) is 18.0 Å². The highest BCUT2D eigenvalue weighted by atomic mass is 35.5. The van der Waals surface area contributed by atoms with Gasteiger partial charge in [-0.1, -0.05) is 23.7 Å². The van der Waals surface area contributed by atoms with Gasteiger partial charge in [0.1, 0.15) is 5.76 Å². The molecule has 4 heteroatoms. The van der Waals surface area contributed by atoms with Crippen LogP contribution in [-0.4, -0.2) is 24.4 Å². The topological polar surface area (TPSA) is 33.5 Å². The number of nitrogens with zero attached hydrogens (tertiary/aromatic N) is 1. The number of halogens is 1. The van der Waals surface area contributed by atoms with Crippen LogP contribution in [0, 0.1) is 0 Å². The smallest absolute Gasteiger partial charge is 0.226 e. The molecule has 1 heterocycles. The minimum absolute atomic E-state index is 0.0776. The lowest BCUT2D eigenvalue weighted by Crippen LogP contribution is -2.30. The molecule has 0 saturated heterocycles. The van der Waals surface area contributed by atoms with Crippen LogP contribution < -0.4 is 0 Å². The fourth-order valence-electron chi connectivity index (χ4n) is 1.81. The third kappa shape index (κ3) is 4.14. The van der Waals surface area contributed by atoms with Crippen molar-refractivity contribution in [2.45, 2.75) is 12.8 Å². The van der Waals surface area contributed by atoms with Gasteiger partial charge in [0, 0.05) is 25.0 Å². The van der Waals surface area contributed by atoms with E-state index < -0.39 is 0 Å². The highest BCUT2D eigenvalue weighted by molar-refractivity contribution is 6.30. The Balaban J connectivity index is 1.85. The Labute approximate surface area is 117 Å². The van der Waals surface area contributed by atoms with Crippen LogP contribution in [0.3, 0.4) is 0 Å². The molecule has 2 aromatic rings. The second-order valence-electron chi connectivity index (χ2n) is 4.45. The zero-order chi connectivity index (χ0) is 13.7. The minimum atomic E-state index is 0.0776. The quantitative estimate of drug-likeness (QED) is 0.841. The molecule has 0 saturated carbocycles. The van der Waals surface area contributed by atoms with Crippen molar-refractivity contribution >= 4 is 17.5 Å². The van der Waals surface area contributed by atoms with Gasteiger partial charge in [-0.2, -0.15) is 0 Å². The SMILES string of the molecule is CN(CCc1ccco1)C(=O)Cc1cccc(Cl)c1. The van der Waals surface area contributed by atoms with Crippen molar-refractivity contribution in [3.8, 4) is 0 Å². The number of carbonyl (C=O) groups is 1. The number of carbonyl (C=O) groups excluding carboxylic acids is 1. The molecule has 0 spiro atoms. The lowest BCUT2D eigenvalue weighted by atomic mass is 10.1. The Hall–Kier alpha value is -1.74. The third-order valence-electron chi connectivity index (χ3n) is 2.94. The van der Waals surface area contributed by atoms with E-state index in [1.165, 1.54) is 0 Å².